The zero-order valence-corrected chi connectivity index (χ0v) is 26.8. The van der Waals surface area contributed by atoms with Crippen molar-refractivity contribution in [1.82, 2.24) is 4.90 Å². The molecule has 0 saturated heterocycles. The van der Waals surface area contributed by atoms with Gasteiger partial charge in [-0.25, -0.2) is 0 Å². The molecule has 1 unspecified atom stereocenters. The van der Waals surface area contributed by atoms with Crippen molar-refractivity contribution in [3.8, 4) is 5.75 Å². The molecular formula is C23H22I4N2O4. The molecule has 1 aliphatic heterocycles. The van der Waals surface area contributed by atoms with Gasteiger partial charge in [-0.3, -0.25) is 19.3 Å². The second kappa shape index (κ2) is 11.7. The highest BCUT2D eigenvalue weighted by atomic mass is 127. The van der Waals surface area contributed by atoms with Crippen LogP contribution in [0.5, 0.6) is 5.75 Å². The number of benzene rings is 2. The Balaban J connectivity index is 1.92. The molecular weight excluding hydrogens is 876 g/mol. The highest BCUT2D eigenvalue weighted by Gasteiger charge is 2.46. The van der Waals surface area contributed by atoms with E-state index in [0.29, 0.717) is 29.8 Å². The third kappa shape index (κ3) is 5.78. The van der Waals surface area contributed by atoms with Crippen LogP contribution in [0.15, 0.2) is 24.3 Å². The van der Waals surface area contributed by atoms with Crippen molar-refractivity contribution < 1.29 is 19.1 Å². The Morgan fingerprint density at radius 2 is 1.45 bits per heavy atom. The number of nitrogens with one attached hydrogen (secondary N) is 1. The smallest absolute Gasteiger partial charge is 0.263 e. The molecule has 1 aliphatic rings. The van der Waals surface area contributed by atoms with Crippen molar-refractivity contribution in [2.45, 2.75) is 39.7 Å². The third-order valence-electron chi connectivity index (χ3n) is 5.04. The van der Waals surface area contributed by atoms with E-state index in [9.17, 15) is 14.4 Å². The van der Waals surface area contributed by atoms with Crippen molar-refractivity contribution in [2.75, 3.05) is 11.9 Å². The van der Waals surface area contributed by atoms with Gasteiger partial charge in [0.25, 0.3) is 11.8 Å². The van der Waals surface area contributed by atoms with Crippen molar-refractivity contribution in [3.05, 3.63) is 49.7 Å². The number of carbonyl (C=O) groups is 3. The number of carbonyl (C=O) groups excluding carboxylic acids is 3. The third-order valence-corrected chi connectivity index (χ3v) is 12.4. The summed E-state index contributed by atoms with van der Waals surface area (Å²) < 4.78 is 8.97. The van der Waals surface area contributed by atoms with Crippen LogP contribution in [0.2, 0.25) is 0 Å². The maximum Gasteiger partial charge on any atom is 0.263 e. The number of fused-ring (bicyclic) bond motifs is 1. The first kappa shape index (κ1) is 27.4. The molecule has 0 saturated carbocycles. The fourth-order valence-electron chi connectivity index (χ4n) is 3.51. The van der Waals surface area contributed by atoms with Crippen LogP contribution >= 0.6 is 90.4 Å². The van der Waals surface area contributed by atoms with Gasteiger partial charge in [0.1, 0.15) is 11.8 Å². The van der Waals surface area contributed by atoms with Crippen molar-refractivity contribution >= 4 is 114 Å². The minimum atomic E-state index is -0.907. The van der Waals surface area contributed by atoms with Crippen LogP contribution < -0.4 is 10.1 Å². The van der Waals surface area contributed by atoms with Gasteiger partial charge in [0, 0.05) is 20.0 Å². The molecule has 3 amide bonds. The number of amides is 3. The Bertz CT molecular complexity index is 1060. The molecule has 0 fully saturated rings. The SMILES string of the molecule is CCCOc1ccc(NC(=O)C(CC(C)C)N2C(=O)c3c(I)c(I)c(I)c(I)c3C2=O)cc1. The van der Waals surface area contributed by atoms with E-state index < -0.39 is 17.9 Å². The maximum absolute atomic E-state index is 13.5. The molecule has 6 nitrogen and oxygen atoms in total. The average Bonchev–Trinajstić information content (AvgIpc) is 3.04. The number of hydrogen-bond donors (Lipinski definition) is 1. The lowest BCUT2D eigenvalue weighted by molar-refractivity contribution is -0.120. The topological polar surface area (TPSA) is 75.7 Å². The summed E-state index contributed by atoms with van der Waals surface area (Å²) in [6.07, 6.45) is 1.28. The number of hydrogen-bond acceptors (Lipinski definition) is 4. The molecule has 176 valence electrons. The molecule has 1 N–H and O–H groups in total. The van der Waals surface area contributed by atoms with Crippen LogP contribution in [0, 0.1) is 20.2 Å². The summed E-state index contributed by atoms with van der Waals surface area (Å²) >= 11 is 8.63. The number of anilines is 1. The maximum atomic E-state index is 13.5. The monoisotopic (exact) mass is 898 g/mol. The van der Waals surface area contributed by atoms with Crippen LogP contribution in [0.3, 0.4) is 0 Å². The van der Waals surface area contributed by atoms with Crippen LogP contribution in [-0.4, -0.2) is 35.3 Å². The summed E-state index contributed by atoms with van der Waals surface area (Å²) in [6, 6.07) is 6.19. The summed E-state index contributed by atoms with van der Waals surface area (Å²) in [5, 5.41) is 2.88. The molecule has 0 aliphatic carbocycles. The van der Waals surface area contributed by atoms with Gasteiger partial charge in [-0.05, 0) is 133 Å². The average molecular weight is 898 g/mol. The van der Waals surface area contributed by atoms with E-state index in [0.717, 1.165) is 31.4 Å². The van der Waals surface area contributed by atoms with E-state index in [1.54, 1.807) is 24.3 Å². The number of ether oxygens (including phenoxy) is 1. The van der Waals surface area contributed by atoms with Gasteiger partial charge in [0.2, 0.25) is 5.91 Å². The predicted octanol–water partition coefficient (Wildman–Crippen LogP) is 6.54. The molecule has 33 heavy (non-hydrogen) atoms. The summed E-state index contributed by atoms with van der Waals surface area (Å²) in [7, 11) is 0. The molecule has 0 spiro atoms. The lowest BCUT2D eigenvalue weighted by atomic mass is 10.0. The lowest BCUT2D eigenvalue weighted by Crippen LogP contribution is -2.48. The fraction of sp³-hybridized carbons (Fsp3) is 0.348. The number of imide groups is 1. The van der Waals surface area contributed by atoms with Gasteiger partial charge in [-0.15, -0.1) is 0 Å². The molecule has 1 heterocycles. The van der Waals surface area contributed by atoms with Gasteiger partial charge in [0.15, 0.2) is 0 Å². The van der Waals surface area contributed by atoms with Gasteiger partial charge in [-0.1, -0.05) is 20.8 Å². The minimum absolute atomic E-state index is 0.105. The summed E-state index contributed by atoms with van der Waals surface area (Å²) in [6.45, 7) is 6.60. The van der Waals surface area contributed by atoms with Crippen LogP contribution in [0.4, 0.5) is 5.69 Å². The highest BCUT2D eigenvalue weighted by molar-refractivity contribution is 14.1. The van der Waals surface area contributed by atoms with Crippen LogP contribution in [-0.2, 0) is 4.79 Å². The molecule has 0 radical (unpaired) electrons. The first-order valence-electron chi connectivity index (χ1n) is 10.4. The van der Waals surface area contributed by atoms with Crippen molar-refractivity contribution in [3.63, 3.8) is 0 Å². The minimum Gasteiger partial charge on any atom is -0.494 e. The molecule has 2 aromatic rings. The van der Waals surface area contributed by atoms with Gasteiger partial charge < -0.3 is 10.1 Å². The van der Waals surface area contributed by atoms with E-state index in [1.807, 2.05) is 20.8 Å². The molecule has 3 rings (SSSR count). The predicted molar refractivity (Wildman–Crippen MR) is 162 cm³/mol. The normalized spacial score (nSPS) is 14.0. The van der Waals surface area contributed by atoms with E-state index in [-0.39, 0.29) is 11.8 Å². The standard InChI is InChI=1S/C23H22I4N2O4/c1-4-9-33-13-7-5-12(6-8-13)28-21(30)14(10-11(2)3)29-22(31)15-16(23(29)32)18(25)20(27)19(26)17(15)24/h5-8,11,14H,4,9-10H2,1-3H3,(H,28,30). The van der Waals surface area contributed by atoms with Crippen molar-refractivity contribution in [1.29, 1.82) is 0 Å². The molecule has 0 aromatic heterocycles. The highest BCUT2D eigenvalue weighted by Crippen LogP contribution is 2.39. The summed E-state index contributed by atoms with van der Waals surface area (Å²) in [5.41, 5.74) is 1.38. The van der Waals surface area contributed by atoms with Gasteiger partial charge >= 0.3 is 0 Å². The Hall–Kier alpha value is -0.230. The zero-order valence-electron chi connectivity index (χ0n) is 18.2. The lowest BCUT2D eigenvalue weighted by Gasteiger charge is -2.27. The van der Waals surface area contributed by atoms with Gasteiger partial charge in [0.05, 0.1) is 17.7 Å². The molecule has 1 atom stereocenters. The largest absolute Gasteiger partial charge is 0.494 e. The van der Waals surface area contributed by atoms with E-state index in [1.165, 1.54) is 0 Å². The molecule has 0 bridgehead atoms. The number of nitrogens with zero attached hydrogens (tertiary/aromatic N) is 1. The zero-order chi connectivity index (χ0) is 24.4. The number of halogens is 4. The second-order valence-electron chi connectivity index (χ2n) is 7.99. The molecule has 2 aromatic carbocycles. The molecule has 10 heteroatoms. The Morgan fingerprint density at radius 1 is 0.939 bits per heavy atom. The van der Waals surface area contributed by atoms with Gasteiger partial charge in [-0.2, -0.15) is 0 Å². The Labute approximate surface area is 247 Å². The van der Waals surface area contributed by atoms with Crippen molar-refractivity contribution in [2.24, 2.45) is 5.92 Å². The Kier molecular flexibility index (Phi) is 9.67. The first-order chi connectivity index (χ1) is 15.6. The Morgan fingerprint density at radius 3 is 1.91 bits per heavy atom. The van der Waals surface area contributed by atoms with E-state index >= 15 is 0 Å². The van der Waals surface area contributed by atoms with Crippen LogP contribution in [0.25, 0.3) is 0 Å². The summed E-state index contributed by atoms with van der Waals surface area (Å²) in [4.78, 5) is 41.4. The first-order valence-corrected chi connectivity index (χ1v) is 14.7. The van der Waals surface area contributed by atoms with E-state index in [2.05, 4.69) is 95.7 Å². The van der Waals surface area contributed by atoms with E-state index in [4.69, 9.17) is 4.74 Å². The quantitative estimate of drug-likeness (QED) is 0.142. The second-order valence-corrected chi connectivity index (χ2v) is 12.3. The fourth-order valence-corrected chi connectivity index (χ4v) is 7.16. The van der Waals surface area contributed by atoms with Crippen LogP contribution in [0.1, 0.15) is 54.3 Å². The summed E-state index contributed by atoms with van der Waals surface area (Å²) in [5.74, 6) is -0.364. The number of rotatable bonds is 8.